The van der Waals surface area contributed by atoms with Gasteiger partial charge in [-0.25, -0.2) is 0 Å². The highest BCUT2D eigenvalue weighted by Crippen LogP contribution is 2.32. The van der Waals surface area contributed by atoms with Gasteiger partial charge in [0.1, 0.15) is 47.7 Å². The quantitative estimate of drug-likeness (QED) is 0.277. The van der Waals surface area contributed by atoms with Crippen molar-refractivity contribution in [2.75, 3.05) is 40.5 Å². The lowest BCUT2D eigenvalue weighted by atomic mass is 9.89. The normalized spacial score (nSPS) is 21.2. The number of piperidine rings is 1. The molecule has 0 aromatic heterocycles. The first-order valence-corrected chi connectivity index (χ1v) is 17.6. The highest BCUT2D eigenvalue weighted by atomic mass is 16.5. The van der Waals surface area contributed by atoms with Gasteiger partial charge in [0.05, 0.1) is 27.2 Å². The van der Waals surface area contributed by atoms with Gasteiger partial charge in [-0.2, -0.15) is 0 Å². The van der Waals surface area contributed by atoms with Crippen molar-refractivity contribution < 1.29 is 42.9 Å². The van der Waals surface area contributed by atoms with Crippen molar-refractivity contribution in [3.05, 3.63) is 83.9 Å². The molecule has 3 aromatic carbocycles. The van der Waals surface area contributed by atoms with Crippen molar-refractivity contribution in [3.8, 4) is 23.0 Å². The molecule has 3 heterocycles. The molecule has 14 nitrogen and oxygen atoms in total. The van der Waals surface area contributed by atoms with E-state index in [1.807, 2.05) is 30.3 Å². The van der Waals surface area contributed by atoms with Crippen molar-refractivity contribution >= 4 is 29.5 Å². The zero-order valence-electron chi connectivity index (χ0n) is 30.4. The fourth-order valence-corrected chi connectivity index (χ4v) is 6.22. The molecule has 282 valence electrons. The molecule has 1 saturated heterocycles. The monoisotopic (exact) mass is 729 g/mol. The number of methoxy groups -OCH3 is 2. The van der Waals surface area contributed by atoms with Crippen LogP contribution in [-0.2, 0) is 36.8 Å². The summed E-state index contributed by atoms with van der Waals surface area (Å²) in [5, 5.41) is 11.0. The van der Waals surface area contributed by atoms with Crippen molar-refractivity contribution in [1.29, 1.82) is 0 Å². The molecule has 0 radical (unpaired) electrons. The molecule has 3 aliphatic heterocycles. The van der Waals surface area contributed by atoms with Gasteiger partial charge in [-0.15, -0.1) is 0 Å². The third kappa shape index (κ3) is 9.96. The van der Waals surface area contributed by atoms with Crippen LogP contribution in [0.2, 0.25) is 0 Å². The van der Waals surface area contributed by atoms with E-state index in [9.17, 15) is 24.0 Å². The second-order valence-electron chi connectivity index (χ2n) is 13.1. The first-order valence-electron chi connectivity index (χ1n) is 17.6. The molecule has 3 atom stereocenters. The van der Waals surface area contributed by atoms with Gasteiger partial charge in [0, 0.05) is 44.0 Å². The highest BCUT2D eigenvalue weighted by Gasteiger charge is 2.45. The number of amides is 5. The first kappa shape index (κ1) is 38.4. The second-order valence-corrected chi connectivity index (χ2v) is 13.1. The maximum atomic E-state index is 14.2. The zero-order chi connectivity index (χ0) is 38.0. The second kappa shape index (κ2) is 17.6. The van der Waals surface area contributed by atoms with Crippen LogP contribution >= 0.6 is 0 Å². The Hall–Kier alpha value is -5.79. The Morgan fingerprint density at radius 2 is 1.49 bits per heavy atom. The molecule has 4 N–H and O–H groups in total. The van der Waals surface area contributed by atoms with E-state index in [0.717, 1.165) is 5.56 Å². The minimum atomic E-state index is -1.42. The number of carbonyl (C=O) groups excluding carboxylic acids is 5. The van der Waals surface area contributed by atoms with Crippen LogP contribution < -0.4 is 40.2 Å². The van der Waals surface area contributed by atoms with E-state index < -0.39 is 47.4 Å². The lowest BCUT2D eigenvalue weighted by Crippen LogP contribution is -2.61. The van der Waals surface area contributed by atoms with Crippen LogP contribution in [0.15, 0.2) is 72.8 Å². The van der Waals surface area contributed by atoms with Crippen molar-refractivity contribution in [3.63, 3.8) is 0 Å². The van der Waals surface area contributed by atoms with Gasteiger partial charge in [0.25, 0.3) is 5.91 Å². The molecule has 0 unspecified atom stereocenters. The number of fused-ring (bicyclic) bond motifs is 15. The molecule has 3 aliphatic rings. The first-order chi connectivity index (χ1) is 25.5. The highest BCUT2D eigenvalue weighted by molar-refractivity contribution is 5.95. The van der Waals surface area contributed by atoms with Crippen LogP contribution in [0.4, 0.5) is 0 Å². The summed E-state index contributed by atoms with van der Waals surface area (Å²) in [5.74, 6) is -0.190. The minimum Gasteiger partial charge on any atom is -0.497 e. The van der Waals surface area contributed by atoms with E-state index >= 15 is 0 Å². The maximum absolute atomic E-state index is 14.2. The van der Waals surface area contributed by atoms with Gasteiger partial charge >= 0.3 is 0 Å². The summed E-state index contributed by atoms with van der Waals surface area (Å²) in [4.78, 5) is 69.1. The molecule has 14 heteroatoms. The molecule has 5 amide bonds. The molecular weight excluding hydrogens is 682 g/mol. The summed E-state index contributed by atoms with van der Waals surface area (Å²) in [7, 11) is 3.09. The number of hydrogen-bond donors (Lipinski definition) is 4. The molecule has 6 rings (SSSR count). The van der Waals surface area contributed by atoms with Crippen LogP contribution in [0.5, 0.6) is 23.0 Å². The molecule has 3 aromatic rings. The Balaban J connectivity index is 1.36. The van der Waals surface area contributed by atoms with Gasteiger partial charge in [0.2, 0.25) is 23.6 Å². The molecule has 0 aliphatic carbocycles. The van der Waals surface area contributed by atoms with Gasteiger partial charge in [-0.3, -0.25) is 24.0 Å². The average Bonchev–Trinajstić information content (AvgIpc) is 3.17. The fourth-order valence-electron chi connectivity index (χ4n) is 6.22. The third-order valence-corrected chi connectivity index (χ3v) is 9.39. The summed E-state index contributed by atoms with van der Waals surface area (Å²) < 4.78 is 23.0. The number of rotatable bonds is 6. The van der Waals surface area contributed by atoms with Crippen LogP contribution in [0.1, 0.15) is 37.8 Å². The van der Waals surface area contributed by atoms with E-state index in [1.165, 1.54) is 14.0 Å². The topological polar surface area (TPSA) is 174 Å². The Kier molecular flexibility index (Phi) is 12.8. The van der Waals surface area contributed by atoms with Crippen molar-refractivity contribution in [2.45, 2.75) is 63.3 Å². The molecule has 53 heavy (non-hydrogen) atoms. The van der Waals surface area contributed by atoms with E-state index in [4.69, 9.17) is 18.9 Å². The largest absolute Gasteiger partial charge is 0.497 e. The molecule has 1 spiro atoms. The van der Waals surface area contributed by atoms with Crippen molar-refractivity contribution in [1.82, 2.24) is 26.2 Å². The number of hydrogen-bond acceptors (Lipinski definition) is 9. The van der Waals surface area contributed by atoms with Gasteiger partial charge < -0.3 is 45.1 Å². The average molecular weight is 730 g/mol. The Bertz CT molecular complexity index is 1760. The minimum absolute atomic E-state index is 0.0894. The molecule has 2 bridgehead atoms. The smallest absolute Gasteiger partial charge is 0.264 e. The van der Waals surface area contributed by atoms with Crippen LogP contribution in [-0.4, -0.2) is 98.6 Å². The number of benzene rings is 3. The number of likely N-dealkylation sites (tertiary alicyclic amines) is 1. The summed E-state index contributed by atoms with van der Waals surface area (Å²) >= 11 is 0. The fraction of sp³-hybridized carbons (Fsp3) is 0.410. The van der Waals surface area contributed by atoms with E-state index in [0.29, 0.717) is 28.6 Å². The zero-order valence-corrected chi connectivity index (χ0v) is 30.4. The number of carbonyl (C=O) groups is 5. The van der Waals surface area contributed by atoms with E-state index in [-0.39, 0.29) is 57.8 Å². The maximum Gasteiger partial charge on any atom is 0.264 e. The third-order valence-electron chi connectivity index (χ3n) is 9.39. The van der Waals surface area contributed by atoms with Gasteiger partial charge in [-0.1, -0.05) is 36.4 Å². The van der Waals surface area contributed by atoms with Crippen LogP contribution in [0.3, 0.4) is 0 Å². The SMILES string of the molecule is COc1ccc(CC(=O)N2CCC3(CC2)Oc2ccc(cc2)OCCNC(=O)[C@H](C)NC(=O)[C@H](Cc2ccccc2)NC(=O)[C@H](C)NC3=O)c(OC)c1. The van der Waals surface area contributed by atoms with Crippen LogP contribution in [0.25, 0.3) is 0 Å². The van der Waals surface area contributed by atoms with E-state index in [2.05, 4.69) is 21.3 Å². The number of nitrogens with one attached hydrogen (secondary N) is 4. The predicted octanol–water partition coefficient (Wildman–Crippen LogP) is 1.93. The molecule has 0 saturated carbocycles. The Morgan fingerprint density at radius 1 is 0.811 bits per heavy atom. The van der Waals surface area contributed by atoms with Gasteiger partial charge in [-0.05, 0) is 49.7 Å². The lowest BCUT2D eigenvalue weighted by Gasteiger charge is -2.41. The number of nitrogens with zero attached hydrogens (tertiary/aromatic N) is 1. The summed E-state index contributed by atoms with van der Waals surface area (Å²) in [5.41, 5.74) is 0.0684. The summed E-state index contributed by atoms with van der Waals surface area (Å²) in [6, 6.07) is 18.1. The Morgan fingerprint density at radius 3 is 2.17 bits per heavy atom. The number of ether oxygens (including phenoxy) is 4. The Labute approximate surface area is 308 Å². The van der Waals surface area contributed by atoms with Gasteiger partial charge in [0.15, 0.2) is 5.60 Å². The lowest BCUT2D eigenvalue weighted by molar-refractivity contribution is -0.147. The molecule has 1 fully saturated rings. The standard InChI is InChI=1S/C39H47N5O9/c1-25-35(46)40-18-21-52-29-12-14-30(15-13-29)53-39(16-19-44(20-17-39)34(45)23-28-10-11-31(50-3)24-33(28)51-4)38(49)42-26(2)36(47)43-32(37(48)41-25)22-27-8-6-5-7-9-27/h5-15,24-26,32H,16-23H2,1-4H3,(H,40,46)(H,41,48)(H,42,49)(H,43,47)/t25-,26-,32-/m0/s1. The summed E-state index contributed by atoms with van der Waals surface area (Å²) in [6.45, 7) is 3.86. The van der Waals surface area contributed by atoms with E-state index in [1.54, 1.807) is 61.4 Å². The summed E-state index contributed by atoms with van der Waals surface area (Å²) in [6.07, 6.45) is 0.531. The van der Waals surface area contributed by atoms with Crippen molar-refractivity contribution in [2.24, 2.45) is 0 Å². The predicted molar refractivity (Wildman–Crippen MR) is 195 cm³/mol. The molecular formula is C39H47N5O9. The van der Waals surface area contributed by atoms with Crippen LogP contribution in [0, 0.1) is 0 Å².